The Morgan fingerprint density at radius 1 is 1.38 bits per heavy atom. The second-order valence-electron chi connectivity index (χ2n) is 3.59. The largest absolute Gasteiger partial charge is 0.392 e. The van der Waals surface area contributed by atoms with Crippen LogP contribution < -0.4 is 5.73 Å². The number of sulfonamides is 1. The summed E-state index contributed by atoms with van der Waals surface area (Å²) in [7, 11) is -0.382. The van der Waals surface area contributed by atoms with Gasteiger partial charge in [0.1, 0.15) is 5.75 Å². The second-order valence-corrected chi connectivity index (χ2v) is 6.08. The van der Waals surface area contributed by atoms with Crippen molar-refractivity contribution in [1.29, 1.82) is 0 Å². The molecule has 0 bridgehead atoms. The third kappa shape index (κ3) is 3.11. The van der Waals surface area contributed by atoms with Crippen LogP contribution in [0.5, 0.6) is 0 Å². The topological polar surface area (TPSA) is 81.9 Å². The zero-order valence-electron chi connectivity index (χ0n) is 9.25. The number of ether oxygens (including phenoxy) is 2. The number of nitrogens with two attached hydrogens (primary N) is 1. The van der Waals surface area contributed by atoms with Crippen molar-refractivity contribution in [3.63, 3.8) is 0 Å². The van der Waals surface area contributed by atoms with Crippen LogP contribution in [-0.4, -0.2) is 63.0 Å². The summed E-state index contributed by atoms with van der Waals surface area (Å²) in [6.45, 7) is 0.555. The first kappa shape index (κ1) is 13.8. The lowest BCUT2D eigenvalue weighted by molar-refractivity contribution is -0.00461. The fourth-order valence-corrected chi connectivity index (χ4v) is 3.40. The number of nitrogens with zero attached hydrogens (tertiary/aromatic N) is 1. The van der Waals surface area contributed by atoms with Crippen molar-refractivity contribution < 1.29 is 17.9 Å². The molecule has 0 aromatic carbocycles. The highest BCUT2D eigenvalue weighted by Gasteiger charge is 2.39. The van der Waals surface area contributed by atoms with Crippen LogP contribution in [0.1, 0.15) is 0 Å². The van der Waals surface area contributed by atoms with Crippen molar-refractivity contribution in [1.82, 2.24) is 4.31 Å². The second kappa shape index (κ2) is 5.37. The molecule has 2 unspecified atom stereocenters. The minimum Gasteiger partial charge on any atom is -0.392 e. The van der Waals surface area contributed by atoms with E-state index in [0.29, 0.717) is 0 Å². The molecule has 0 aromatic rings. The van der Waals surface area contributed by atoms with Gasteiger partial charge in [-0.15, -0.1) is 0 Å². The molecule has 16 heavy (non-hydrogen) atoms. The van der Waals surface area contributed by atoms with Gasteiger partial charge in [-0.1, -0.05) is 12.2 Å². The van der Waals surface area contributed by atoms with Crippen LogP contribution in [0.4, 0.5) is 0 Å². The van der Waals surface area contributed by atoms with Gasteiger partial charge in [-0.2, -0.15) is 4.31 Å². The van der Waals surface area contributed by atoms with Gasteiger partial charge in [0.05, 0.1) is 17.2 Å². The molecule has 2 N–H and O–H groups in total. The van der Waals surface area contributed by atoms with Crippen LogP contribution in [0.15, 0.2) is 0 Å². The molecule has 2 atom stereocenters. The van der Waals surface area contributed by atoms with Gasteiger partial charge in [0.2, 0.25) is 10.0 Å². The molecule has 1 rings (SSSR count). The number of rotatable bonds is 5. The molecule has 1 saturated heterocycles. The monoisotopic (exact) mass is 268 g/mol. The predicted molar refractivity (Wildman–Crippen MR) is 63.7 cm³/mol. The SMILES string of the molecule is COC1CN(S(=O)(=O)CC(N)=S)CC1OC. The Morgan fingerprint density at radius 3 is 2.12 bits per heavy atom. The van der Waals surface area contributed by atoms with Crippen molar-refractivity contribution in [2.45, 2.75) is 12.2 Å². The normalized spacial score (nSPS) is 27.1. The Bertz CT molecular complexity index is 345. The van der Waals surface area contributed by atoms with E-state index >= 15 is 0 Å². The molecule has 1 aliphatic rings. The minimum atomic E-state index is -3.44. The molecule has 94 valence electrons. The highest BCUT2D eigenvalue weighted by molar-refractivity contribution is 7.92. The average molecular weight is 268 g/mol. The first-order chi connectivity index (χ1) is 7.40. The van der Waals surface area contributed by atoms with Gasteiger partial charge in [0.25, 0.3) is 0 Å². The maximum absolute atomic E-state index is 11.8. The molecule has 0 aromatic heterocycles. The fraction of sp³-hybridized carbons (Fsp3) is 0.875. The van der Waals surface area contributed by atoms with E-state index in [1.807, 2.05) is 0 Å². The van der Waals surface area contributed by atoms with Gasteiger partial charge < -0.3 is 15.2 Å². The van der Waals surface area contributed by atoms with Crippen molar-refractivity contribution in [3.8, 4) is 0 Å². The third-order valence-electron chi connectivity index (χ3n) is 2.51. The molecule has 0 amide bonds. The van der Waals surface area contributed by atoms with E-state index < -0.39 is 10.0 Å². The van der Waals surface area contributed by atoms with E-state index in [2.05, 4.69) is 12.2 Å². The van der Waals surface area contributed by atoms with Crippen LogP contribution in [-0.2, 0) is 19.5 Å². The van der Waals surface area contributed by atoms with Crippen LogP contribution in [0.3, 0.4) is 0 Å². The molecule has 0 radical (unpaired) electrons. The van der Waals surface area contributed by atoms with Crippen molar-refractivity contribution in [3.05, 3.63) is 0 Å². The molecule has 1 fully saturated rings. The smallest absolute Gasteiger partial charge is 0.220 e. The Labute approximate surface area is 101 Å². The van der Waals surface area contributed by atoms with Gasteiger partial charge in [-0.3, -0.25) is 0 Å². The lowest BCUT2D eigenvalue weighted by Gasteiger charge is -2.14. The van der Waals surface area contributed by atoms with Gasteiger partial charge in [0.15, 0.2) is 0 Å². The van der Waals surface area contributed by atoms with Crippen LogP contribution in [0, 0.1) is 0 Å². The highest BCUT2D eigenvalue weighted by atomic mass is 32.2. The molecule has 1 heterocycles. The molecule has 1 aliphatic heterocycles. The Kier molecular flexibility index (Phi) is 4.62. The zero-order chi connectivity index (χ0) is 12.3. The first-order valence-corrected chi connectivity index (χ1v) is 6.74. The Balaban J connectivity index is 2.74. The molecular weight excluding hydrogens is 252 g/mol. The number of hydrogen-bond donors (Lipinski definition) is 1. The summed E-state index contributed by atoms with van der Waals surface area (Å²) in [4.78, 5) is -0.0326. The maximum atomic E-state index is 11.8. The van der Waals surface area contributed by atoms with Gasteiger partial charge >= 0.3 is 0 Å². The van der Waals surface area contributed by atoms with E-state index in [4.69, 9.17) is 15.2 Å². The standard InChI is InChI=1S/C8H16N2O4S2/c1-13-6-3-10(4-7(6)14-2)16(11,12)5-8(9)15/h6-7H,3-5H2,1-2H3,(H2,9,15). The quantitative estimate of drug-likeness (QED) is 0.641. The maximum Gasteiger partial charge on any atom is 0.220 e. The van der Waals surface area contributed by atoms with E-state index in [-0.39, 0.29) is 36.0 Å². The van der Waals surface area contributed by atoms with Gasteiger partial charge in [-0.05, 0) is 0 Å². The average Bonchev–Trinajstić information content (AvgIpc) is 2.59. The van der Waals surface area contributed by atoms with E-state index in [1.165, 1.54) is 18.5 Å². The first-order valence-electron chi connectivity index (χ1n) is 4.72. The van der Waals surface area contributed by atoms with Crippen molar-refractivity contribution in [2.75, 3.05) is 33.1 Å². The Morgan fingerprint density at radius 2 is 1.81 bits per heavy atom. The van der Waals surface area contributed by atoms with E-state index in [9.17, 15) is 8.42 Å². The molecule has 8 heteroatoms. The summed E-state index contributed by atoms with van der Waals surface area (Å²) in [6, 6.07) is 0. The zero-order valence-corrected chi connectivity index (χ0v) is 10.9. The number of hydrogen-bond acceptors (Lipinski definition) is 5. The molecule has 0 aliphatic carbocycles. The van der Waals surface area contributed by atoms with Crippen LogP contribution in [0.25, 0.3) is 0 Å². The highest BCUT2D eigenvalue weighted by Crippen LogP contribution is 2.19. The molecule has 6 nitrogen and oxygen atoms in total. The Hall–Kier alpha value is -0.280. The van der Waals surface area contributed by atoms with Crippen LogP contribution >= 0.6 is 12.2 Å². The summed E-state index contributed by atoms with van der Waals surface area (Å²) in [5, 5.41) is 0. The third-order valence-corrected chi connectivity index (χ3v) is 4.59. The van der Waals surface area contributed by atoms with E-state index in [1.54, 1.807) is 0 Å². The lowest BCUT2D eigenvalue weighted by Crippen LogP contribution is -2.36. The summed E-state index contributed by atoms with van der Waals surface area (Å²) < 4.78 is 35.2. The fourth-order valence-electron chi connectivity index (χ4n) is 1.66. The van der Waals surface area contributed by atoms with E-state index in [0.717, 1.165) is 0 Å². The summed E-state index contributed by atoms with van der Waals surface area (Å²) in [6.07, 6.45) is -0.489. The summed E-state index contributed by atoms with van der Waals surface area (Å²) in [5.74, 6) is -0.310. The molecule has 0 spiro atoms. The van der Waals surface area contributed by atoms with Gasteiger partial charge in [-0.25, -0.2) is 8.42 Å². The molecule has 0 saturated carbocycles. The molecular formula is C8H16N2O4S2. The van der Waals surface area contributed by atoms with Crippen molar-refractivity contribution >= 4 is 27.2 Å². The summed E-state index contributed by atoms with van der Waals surface area (Å²) in [5.41, 5.74) is 5.24. The van der Waals surface area contributed by atoms with Gasteiger partial charge in [0, 0.05) is 27.3 Å². The minimum absolute atomic E-state index is 0.0326. The summed E-state index contributed by atoms with van der Waals surface area (Å²) >= 11 is 4.60. The number of methoxy groups -OCH3 is 2. The van der Waals surface area contributed by atoms with Crippen molar-refractivity contribution in [2.24, 2.45) is 5.73 Å². The van der Waals surface area contributed by atoms with Crippen LogP contribution in [0.2, 0.25) is 0 Å². The lowest BCUT2D eigenvalue weighted by atomic mass is 10.3. The predicted octanol–water partition coefficient (Wildman–Crippen LogP) is -1.05. The number of thiocarbonyl (C=S) groups is 1.